The molecule has 2 aromatic heterocycles. The second-order valence-corrected chi connectivity index (χ2v) is 11.1. The second kappa shape index (κ2) is 17.0. The largest absolute Gasteiger partial charge is 0.487 e. The summed E-state index contributed by atoms with van der Waals surface area (Å²) in [4.78, 5) is 50.0. The van der Waals surface area contributed by atoms with Crippen LogP contribution in [0.4, 0.5) is 21.9 Å². The van der Waals surface area contributed by atoms with Gasteiger partial charge in [-0.3, -0.25) is 14.6 Å². The molecule has 2 heterocycles. The first kappa shape index (κ1) is 37.8. The van der Waals surface area contributed by atoms with Crippen LogP contribution >= 0.6 is 48.0 Å². The van der Waals surface area contributed by atoms with Crippen LogP contribution in [0.5, 0.6) is 5.75 Å². The molecule has 48 heavy (non-hydrogen) atoms. The van der Waals surface area contributed by atoms with Crippen LogP contribution in [0.2, 0.25) is 10.0 Å². The van der Waals surface area contributed by atoms with Crippen LogP contribution in [0.25, 0.3) is 10.9 Å². The van der Waals surface area contributed by atoms with Crippen molar-refractivity contribution < 1.29 is 19.1 Å². The average molecular weight is 730 g/mol. The number of likely N-dealkylation sites (N-methyl/N-ethyl adjacent to an activating group) is 1. The molecule has 0 spiro atoms. The molecule has 0 fully saturated rings. The molecule has 0 aliphatic carbocycles. The number of ether oxygens (including phenoxy) is 1. The van der Waals surface area contributed by atoms with Crippen molar-refractivity contribution in [1.29, 1.82) is 0 Å². The van der Waals surface area contributed by atoms with E-state index in [4.69, 9.17) is 27.9 Å². The number of urea groups is 1. The van der Waals surface area contributed by atoms with Gasteiger partial charge in [0.05, 0.1) is 17.3 Å². The minimum atomic E-state index is -0.621. The van der Waals surface area contributed by atoms with Crippen LogP contribution in [-0.2, 0) is 11.4 Å². The Morgan fingerprint density at radius 3 is 2.35 bits per heavy atom. The minimum absolute atomic E-state index is 0. The number of carbonyl (C=O) groups is 3. The van der Waals surface area contributed by atoms with Crippen molar-refractivity contribution >= 4 is 93.8 Å². The fraction of sp³-hybridized carbons (Fsp3) is 0.147. The lowest BCUT2D eigenvalue weighted by atomic mass is 10.1. The minimum Gasteiger partial charge on any atom is -0.487 e. The number of para-hydroxylation sites is 1. The van der Waals surface area contributed by atoms with E-state index in [9.17, 15) is 14.4 Å². The first-order chi connectivity index (χ1) is 22.1. The van der Waals surface area contributed by atoms with Gasteiger partial charge in [0.1, 0.15) is 17.9 Å². The molecule has 5 rings (SSSR count). The zero-order chi connectivity index (χ0) is 32.8. The van der Waals surface area contributed by atoms with Gasteiger partial charge in [0.15, 0.2) is 0 Å². The Morgan fingerprint density at radius 1 is 0.875 bits per heavy atom. The Kier molecular flexibility index (Phi) is 13.4. The molecular weight excluding hydrogens is 698 g/mol. The molecule has 4 amide bonds. The van der Waals surface area contributed by atoms with Crippen LogP contribution in [0.1, 0.15) is 21.6 Å². The van der Waals surface area contributed by atoms with Gasteiger partial charge in [0.25, 0.3) is 5.91 Å². The Hall–Kier alpha value is -4.61. The third-order valence-corrected chi connectivity index (χ3v) is 7.99. The average Bonchev–Trinajstić information content (AvgIpc) is 3.06. The highest BCUT2D eigenvalue weighted by Gasteiger charge is 2.20. The van der Waals surface area contributed by atoms with E-state index < -0.39 is 11.9 Å². The van der Waals surface area contributed by atoms with Crippen molar-refractivity contribution in [2.75, 3.05) is 35.8 Å². The maximum atomic E-state index is 13.1. The summed E-state index contributed by atoms with van der Waals surface area (Å²) in [5, 5.41) is 6.77. The molecule has 3 aromatic carbocycles. The van der Waals surface area contributed by atoms with Gasteiger partial charge in [0, 0.05) is 65.1 Å². The molecule has 5 aromatic rings. The number of hydrogen-bond acceptors (Lipinski definition) is 6. The summed E-state index contributed by atoms with van der Waals surface area (Å²) >= 11 is 13.2. The number of aryl methyl sites for hydroxylation is 1. The lowest BCUT2D eigenvalue weighted by molar-refractivity contribution is -0.117. The number of anilines is 3. The molecule has 0 aliphatic heterocycles. The fourth-order valence-corrected chi connectivity index (χ4v) is 5.26. The molecule has 0 saturated heterocycles. The number of hydrogen-bond donors (Lipinski definition) is 2. The molecule has 14 heteroatoms. The number of nitrogens with zero attached hydrogens (tertiary/aromatic N) is 4. The first-order valence-electron chi connectivity index (χ1n) is 14.2. The highest BCUT2D eigenvalue weighted by atomic mass is 35.5. The van der Waals surface area contributed by atoms with Crippen molar-refractivity contribution in [1.82, 2.24) is 15.3 Å². The number of halogens is 4. The molecule has 0 saturated carbocycles. The topological polar surface area (TPSA) is 117 Å². The summed E-state index contributed by atoms with van der Waals surface area (Å²) in [6.07, 6.45) is 3.20. The van der Waals surface area contributed by atoms with Crippen molar-refractivity contribution in [2.24, 2.45) is 0 Å². The van der Waals surface area contributed by atoms with Crippen LogP contribution < -0.4 is 25.2 Å². The fourth-order valence-electron chi connectivity index (χ4n) is 4.65. The summed E-state index contributed by atoms with van der Waals surface area (Å²) in [6, 6.07) is 22.1. The Bertz CT molecular complexity index is 1930. The molecule has 0 bridgehead atoms. The van der Waals surface area contributed by atoms with E-state index in [1.807, 2.05) is 37.3 Å². The monoisotopic (exact) mass is 728 g/mol. The van der Waals surface area contributed by atoms with Gasteiger partial charge >= 0.3 is 6.03 Å². The standard InChI is InChI=1S/C34H30Cl2N6O4.2ClH/c1-21-10-11-22-6-5-9-29(32(22)39-21)46-20-26-27(35)12-13-28(31(26)36)42(3)30(43)19-38-34(45)40-24-8-4-7-23(18-24)33(44)41(2)25-14-16-37-17-15-25;;/h4-18H,19-20H2,1-3H3,(H2,38,40,45);2*1H. The number of fused-ring (bicyclic) bond motifs is 1. The number of amides is 4. The number of benzene rings is 3. The van der Waals surface area contributed by atoms with E-state index in [-0.39, 0.29) is 48.9 Å². The highest BCUT2D eigenvalue weighted by molar-refractivity contribution is 6.38. The number of aromatic nitrogens is 2. The smallest absolute Gasteiger partial charge is 0.319 e. The van der Waals surface area contributed by atoms with Gasteiger partial charge in [-0.25, -0.2) is 9.78 Å². The second-order valence-electron chi connectivity index (χ2n) is 10.3. The van der Waals surface area contributed by atoms with E-state index in [2.05, 4.69) is 20.6 Å². The van der Waals surface area contributed by atoms with Gasteiger partial charge in [0.2, 0.25) is 5.91 Å². The molecule has 0 aliphatic rings. The van der Waals surface area contributed by atoms with Crippen LogP contribution in [0.15, 0.2) is 91.3 Å². The normalized spacial score (nSPS) is 10.3. The lowest BCUT2D eigenvalue weighted by Crippen LogP contribution is -2.40. The summed E-state index contributed by atoms with van der Waals surface area (Å²) in [7, 11) is 3.20. The van der Waals surface area contributed by atoms with Gasteiger partial charge in [-0.2, -0.15) is 0 Å². The van der Waals surface area contributed by atoms with Crippen molar-refractivity contribution in [2.45, 2.75) is 13.5 Å². The summed E-state index contributed by atoms with van der Waals surface area (Å²) in [5.74, 6) is -0.113. The van der Waals surface area contributed by atoms with Crippen LogP contribution in [0.3, 0.4) is 0 Å². The molecule has 250 valence electrons. The van der Waals surface area contributed by atoms with Crippen LogP contribution in [-0.4, -0.2) is 48.5 Å². The highest BCUT2D eigenvalue weighted by Crippen LogP contribution is 2.35. The summed E-state index contributed by atoms with van der Waals surface area (Å²) in [6.45, 7) is 1.63. The van der Waals surface area contributed by atoms with Crippen LogP contribution in [0, 0.1) is 6.92 Å². The third kappa shape index (κ3) is 8.84. The Labute approximate surface area is 300 Å². The summed E-state index contributed by atoms with van der Waals surface area (Å²) < 4.78 is 6.09. The maximum absolute atomic E-state index is 13.1. The third-order valence-electron chi connectivity index (χ3n) is 7.22. The molecule has 10 nitrogen and oxygen atoms in total. The van der Waals surface area contributed by atoms with Crippen molar-refractivity contribution in [3.05, 3.63) is 118 Å². The number of rotatable bonds is 9. The SMILES string of the molecule is Cc1ccc2cccc(OCc3c(Cl)ccc(N(C)C(=O)CNC(=O)Nc4cccc(C(=O)N(C)c5ccncc5)c4)c3Cl)c2n1.Cl.Cl. The quantitative estimate of drug-likeness (QED) is 0.160. The predicted molar refractivity (Wildman–Crippen MR) is 196 cm³/mol. The lowest BCUT2D eigenvalue weighted by Gasteiger charge is -2.21. The van der Waals surface area contributed by atoms with Crippen molar-refractivity contribution in [3.8, 4) is 5.75 Å². The first-order valence-corrected chi connectivity index (χ1v) is 14.9. The molecular formula is C34H32Cl4N6O4. The Morgan fingerprint density at radius 2 is 1.60 bits per heavy atom. The van der Waals surface area contributed by atoms with Gasteiger partial charge in [-0.05, 0) is 61.5 Å². The van der Waals surface area contributed by atoms with Gasteiger partial charge in [-0.15, -0.1) is 24.8 Å². The number of nitrogens with one attached hydrogen (secondary N) is 2. The number of carbonyl (C=O) groups excluding carboxylic acids is 3. The number of pyridine rings is 2. The Balaban J connectivity index is 0.00000312. The van der Waals surface area contributed by atoms with E-state index in [0.29, 0.717) is 39.0 Å². The predicted octanol–water partition coefficient (Wildman–Crippen LogP) is 7.73. The zero-order valence-corrected chi connectivity index (χ0v) is 29.2. The molecule has 2 N–H and O–H groups in total. The zero-order valence-electron chi connectivity index (χ0n) is 26.1. The molecule has 0 radical (unpaired) electrons. The van der Waals surface area contributed by atoms with E-state index in [0.717, 1.165) is 16.6 Å². The van der Waals surface area contributed by atoms with E-state index >= 15 is 0 Å². The molecule has 0 atom stereocenters. The summed E-state index contributed by atoms with van der Waals surface area (Å²) in [5.41, 5.74) is 3.91. The van der Waals surface area contributed by atoms with Gasteiger partial charge < -0.3 is 25.2 Å². The maximum Gasteiger partial charge on any atom is 0.319 e. The van der Waals surface area contributed by atoms with Gasteiger partial charge in [-0.1, -0.05) is 47.5 Å². The van der Waals surface area contributed by atoms with Crippen molar-refractivity contribution in [3.63, 3.8) is 0 Å². The molecule has 0 unspecified atom stereocenters. The van der Waals surface area contributed by atoms with E-state index in [1.54, 1.807) is 75.0 Å². The van der Waals surface area contributed by atoms with E-state index in [1.165, 1.54) is 9.80 Å².